The van der Waals surface area contributed by atoms with Crippen molar-refractivity contribution in [2.24, 2.45) is 5.92 Å². The van der Waals surface area contributed by atoms with Gasteiger partial charge >= 0.3 is 12.0 Å². The normalized spacial score (nSPS) is 10.2. The Morgan fingerprint density at radius 1 is 1.35 bits per heavy atom. The lowest BCUT2D eigenvalue weighted by atomic mass is 10.2. The maximum absolute atomic E-state index is 11.4. The van der Waals surface area contributed by atoms with E-state index in [1.165, 1.54) is 0 Å². The van der Waals surface area contributed by atoms with Gasteiger partial charge in [-0.15, -0.1) is 11.3 Å². The Morgan fingerprint density at radius 2 is 2.10 bits per heavy atom. The van der Waals surface area contributed by atoms with Crippen molar-refractivity contribution in [2.75, 3.05) is 13.2 Å². The van der Waals surface area contributed by atoms with Gasteiger partial charge in [0.25, 0.3) is 5.91 Å². The van der Waals surface area contributed by atoms with Gasteiger partial charge in [0, 0.05) is 11.4 Å². The van der Waals surface area contributed by atoms with Gasteiger partial charge < -0.3 is 10.1 Å². The molecule has 0 radical (unpaired) electrons. The topological polar surface area (TPSA) is 84.5 Å². The number of carbonyl (C=O) groups is 3. The van der Waals surface area contributed by atoms with Gasteiger partial charge in [-0.3, -0.25) is 14.9 Å². The van der Waals surface area contributed by atoms with Crippen molar-refractivity contribution >= 4 is 29.2 Å². The van der Waals surface area contributed by atoms with Crippen LogP contribution in [0.4, 0.5) is 4.79 Å². The summed E-state index contributed by atoms with van der Waals surface area (Å²) in [6, 6.07) is 3.32. The maximum Gasteiger partial charge on any atom is 0.321 e. The fourth-order valence-electron chi connectivity index (χ4n) is 1.26. The zero-order valence-corrected chi connectivity index (χ0v) is 12.3. The predicted molar refractivity (Wildman–Crippen MR) is 75.4 cm³/mol. The molecule has 0 fully saturated rings. The molecule has 2 N–H and O–H groups in total. The second-order valence-corrected chi connectivity index (χ2v) is 5.43. The number of carbonyl (C=O) groups excluding carboxylic acids is 3. The molecule has 0 unspecified atom stereocenters. The molecule has 0 aliphatic rings. The molecule has 0 aliphatic carbocycles. The summed E-state index contributed by atoms with van der Waals surface area (Å²) >= 11 is 1.61. The van der Waals surface area contributed by atoms with Crippen LogP contribution in [-0.4, -0.2) is 31.1 Å². The van der Waals surface area contributed by atoms with Crippen molar-refractivity contribution in [1.82, 2.24) is 10.6 Å². The van der Waals surface area contributed by atoms with Gasteiger partial charge in [0.05, 0.1) is 5.92 Å². The van der Waals surface area contributed by atoms with Crippen LogP contribution in [0.1, 0.15) is 18.7 Å². The Kier molecular flexibility index (Phi) is 6.72. The van der Waals surface area contributed by atoms with Crippen LogP contribution < -0.4 is 10.6 Å². The van der Waals surface area contributed by atoms with Gasteiger partial charge in [-0.25, -0.2) is 4.79 Å². The average molecular weight is 298 g/mol. The summed E-state index contributed by atoms with van der Waals surface area (Å²) in [7, 11) is 0. The summed E-state index contributed by atoms with van der Waals surface area (Å²) in [5.41, 5.74) is 0. The maximum atomic E-state index is 11.4. The van der Waals surface area contributed by atoms with Crippen LogP contribution >= 0.6 is 11.3 Å². The molecule has 0 spiro atoms. The molecule has 110 valence electrons. The Hall–Kier alpha value is -1.89. The second-order valence-electron chi connectivity index (χ2n) is 4.40. The van der Waals surface area contributed by atoms with Crippen molar-refractivity contribution in [2.45, 2.75) is 20.3 Å². The first-order valence-electron chi connectivity index (χ1n) is 6.25. The summed E-state index contributed by atoms with van der Waals surface area (Å²) < 4.78 is 4.70. The van der Waals surface area contributed by atoms with E-state index in [9.17, 15) is 14.4 Å². The lowest BCUT2D eigenvalue weighted by molar-refractivity contribution is -0.151. The molecule has 1 aromatic rings. The van der Waals surface area contributed by atoms with Crippen molar-refractivity contribution in [3.8, 4) is 0 Å². The summed E-state index contributed by atoms with van der Waals surface area (Å²) in [5.74, 6) is -1.42. The minimum Gasteiger partial charge on any atom is -0.455 e. The molecule has 3 amide bonds. The smallest absolute Gasteiger partial charge is 0.321 e. The van der Waals surface area contributed by atoms with Crippen molar-refractivity contribution < 1.29 is 19.1 Å². The quantitative estimate of drug-likeness (QED) is 0.776. The van der Waals surface area contributed by atoms with Crippen molar-refractivity contribution in [1.29, 1.82) is 0 Å². The monoisotopic (exact) mass is 298 g/mol. The molecule has 1 rings (SSSR count). The minimum atomic E-state index is -0.646. The third kappa shape index (κ3) is 6.33. The van der Waals surface area contributed by atoms with Gasteiger partial charge in [0.1, 0.15) is 0 Å². The van der Waals surface area contributed by atoms with E-state index in [4.69, 9.17) is 4.74 Å². The second kappa shape index (κ2) is 8.31. The van der Waals surface area contributed by atoms with Gasteiger partial charge in [-0.1, -0.05) is 19.9 Å². The highest BCUT2D eigenvalue weighted by Crippen LogP contribution is 2.07. The lowest BCUT2D eigenvalue weighted by Gasteiger charge is -2.08. The number of ether oxygens (including phenoxy) is 1. The molecular weight excluding hydrogens is 280 g/mol. The number of urea groups is 1. The first-order valence-corrected chi connectivity index (χ1v) is 7.13. The van der Waals surface area contributed by atoms with Crippen LogP contribution in [0.25, 0.3) is 0 Å². The molecule has 6 nitrogen and oxygen atoms in total. The molecule has 7 heteroatoms. The van der Waals surface area contributed by atoms with E-state index in [0.717, 1.165) is 4.88 Å². The van der Waals surface area contributed by atoms with Crippen LogP contribution in [0, 0.1) is 5.92 Å². The molecule has 0 aromatic carbocycles. The van der Waals surface area contributed by atoms with Crippen LogP contribution in [0.5, 0.6) is 0 Å². The summed E-state index contributed by atoms with van der Waals surface area (Å²) in [6.07, 6.45) is 0.710. The number of thiophene rings is 1. The minimum absolute atomic E-state index is 0.303. The predicted octanol–water partition coefficient (Wildman–Crippen LogP) is 1.32. The van der Waals surface area contributed by atoms with Gasteiger partial charge in [-0.2, -0.15) is 0 Å². The zero-order valence-electron chi connectivity index (χ0n) is 11.5. The van der Waals surface area contributed by atoms with Crippen molar-refractivity contribution in [3.05, 3.63) is 22.4 Å². The number of amides is 3. The third-order valence-corrected chi connectivity index (χ3v) is 3.24. The molecule has 0 saturated heterocycles. The molecule has 0 bridgehead atoms. The number of hydrogen-bond donors (Lipinski definition) is 2. The van der Waals surface area contributed by atoms with E-state index in [1.807, 2.05) is 17.5 Å². The molecule has 0 atom stereocenters. The highest BCUT2D eigenvalue weighted by Gasteiger charge is 2.12. The molecule has 1 aromatic heterocycles. The molecular formula is C13H18N2O4S. The van der Waals surface area contributed by atoms with Crippen LogP contribution in [0.2, 0.25) is 0 Å². The van der Waals surface area contributed by atoms with Crippen LogP contribution in [0.3, 0.4) is 0 Å². The summed E-state index contributed by atoms with van der Waals surface area (Å²) in [5, 5.41) is 6.61. The SMILES string of the molecule is CC(C)C(=O)OCC(=O)NC(=O)NCCc1cccs1. The fourth-order valence-corrected chi connectivity index (χ4v) is 1.97. The zero-order chi connectivity index (χ0) is 15.0. The van der Waals surface area contributed by atoms with E-state index < -0.39 is 24.5 Å². The van der Waals surface area contributed by atoms with Crippen molar-refractivity contribution in [3.63, 3.8) is 0 Å². The number of hydrogen-bond acceptors (Lipinski definition) is 5. The molecule has 0 aliphatic heterocycles. The van der Waals surface area contributed by atoms with E-state index in [-0.39, 0.29) is 5.92 Å². The first-order chi connectivity index (χ1) is 9.49. The number of esters is 1. The number of nitrogens with one attached hydrogen (secondary N) is 2. The summed E-state index contributed by atoms with van der Waals surface area (Å²) in [4.78, 5) is 35.0. The largest absolute Gasteiger partial charge is 0.455 e. The first kappa shape index (κ1) is 16.2. The third-order valence-electron chi connectivity index (χ3n) is 2.31. The Labute approximate surface area is 121 Å². The number of rotatable bonds is 6. The molecule has 1 heterocycles. The number of imide groups is 1. The van der Waals surface area contributed by atoms with Gasteiger partial charge in [0.2, 0.25) is 0 Å². The molecule has 0 saturated carbocycles. The van der Waals surface area contributed by atoms with Crippen LogP contribution in [-0.2, 0) is 20.7 Å². The Bertz CT molecular complexity index is 457. The van der Waals surface area contributed by atoms with Crippen LogP contribution in [0.15, 0.2) is 17.5 Å². The van der Waals surface area contributed by atoms with Gasteiger partial charge in [-0.05, 0) is 17.9 Å². The van der Waals surface area contributed by atoms with E-state index in [0.29, 0.717) is 13.0 Å². The fraction of sp³-hybridized carbons (Fsp3) is 0.462. The Morgan fingerprint density at radius 3 is 2.70 bits per heavy atom. The van der Waals surface area contributed by atoms with E-state index in [2.05, 4.69) is 10.6 Å². The van der Waals surface area contributed by atoms with Gasteiger partial charge in [0.15, 0.2) is 6.61 Å². The van der Waals surface area contributed by atoms with E-state index in [1.54, 1.807) is 25.2 Å². The van der Waals surface area contributed by atoms with E-state index >= 15 is 0 Å². The highest BCUT2D eigenvalue weighted by molar-refractivity contribution is 7.09. The summed E-state index contributed by atoms with van der Waals surface area (Å²) in [6.45, 7) is 3.32. The lowest BCUT2D eigenvalue weighted by Crippen LogP contribution is -2.42. The molecule has 20 heavy (non-hydrogen) atoms. The standard InChI is InChI=1S/C13H18N2O4S/c1-9(2)12(17)19-8-11(16)15-13(18)14-6-5-10-4-3-7-20-10/h3-4,7,9H,5-6,8H2,1-2H3,(H2,14,15,16,18). The Balaban J connectivity index is 2.15. The highest BCUT2D eigenvalue weighted by atomic mass is 32.1. The average Bonchev–Trinajstić information content (AvgIpc) is 2.88.